The van der Waals surface area contributed by atoms with Crippen LogP contribution in [-0.4, -0.2) is 47.1 Å². The molecule has 1 atom stereocenters. The van der Waals surface area contributed by atoms with Crippen LogP contribution in [-0.2, 0) is 6.42 Å². The van der Waals surface area contributed by atoms with Gasteiger partial charge in [-0.15, -0.1) is 0 Å². The van der Waals surface area contributed by atoms with E-state index in [0.717, 1.165) is 43.1 Å². The van der Waals surface area contributed by atoms with Gasteiger partial charge in [-0.05, 0) is 57.0 Å². The third kappa shape index (κ3) is 6.67. The maximum atomic E-state index is 9.19. The number of nitriles is 1. The fourth-order valence-corrected chi connectivity index (χ4v) is 4.33. The molecule has 172 valence electrons. The second-order valence-corrected chi connectivity index (χ2v) is 8.74. The van der Waals surface area contributed by atoms with Crippen LogP contribution in [0.5, 0.6) is 0 Å². The SMILES string of the molecule is CCCCN(CCCC)[C@H]1CCN(c2cc(CCC)nc(Nc3cccc(C#N)c3)n2)C1. The Morgan fingerprint density at radius 1 is 1.09 bits per heavy atom. The molecule has 0 bridgehead atoms. The normalized spacial score (nSPS) is 15.8. The largest absolute Gasteiger partial charge is 0.355 e. The Morgan fingerprint density at radius 2 is 1.88 bits per heavy atom. The number of aryl methyl sites for hydroxylation is 1. The molecule has 0 saturated carbocycles. The van der Waals surface area contributed by atoms with Crippen LogP contribution in [0.4, 0.5) is 17.5 Å². The molecule has 2 heterocycles. The fraction of sp³-hybridized carbons (Fsp3) is 0.577. The third-order valence-electron chi connectivity index (χ3n) is 6.12. The van der Waals surface area contributed by atoms with Gasteiger partial charge in [-0.2, -0.15) is 10.2 Å². The van der Waals surface area contributed by atoms with Gasteiger partial charge < -0.3 is 10.2 Å². The van der Waals surface area contributed by atoms with E-state index in [2.05, 4.69) is 48.0 Å². The summed E-state index contributed by atoms with van der Waals surface area (Å²) in [4.78, 5) is 14.7. The summed E-state index contributed by atoms with van der Waals surface area (Å²) in [5, 5.41) is 12.5. The fourth-order valence-electron chi connectivity index (χ4n) is 4.33. The molecule has 0 amide bonds. The molecule has 0 spiro atoms. The highest BCUT2D eigenvalue weighted by molar-refractivity contribution is 5.58. The van der Waals surface area contributed by atoms with Crippen LogP contribution in [0.15, 0.2) is 30.3 Å². The van der Waals surface area contributed by atoms with E-state index in [9.17, 15) is 5.26 Å². The maximum Gasteiger partial charge on any atom is 0.229 e. The molecule has 2 aromatic rings. The second-order valence-electron chi connectivity index (χ2n) is 8.74. The van der Waals surface area contributed by atoms with E-state index in [-0.39, 0.29) is 0 Å². The Kier molecular flexibility index (Phi) is 9.30. The minimum absolute atomic E-state index is 0.599. The molecule has 1 aromatic carbocycles. The van der Waals surface area contributed by atoms with E-state index in [0.29, 0.717) is 17.6 Å². The second kappa shape index (κ2) is 12.4. The van der Waals surface area contributed by atoms with Gasteiger partial charge in [0.1, 0.15) is 5.82 Å². The monoisotopic (exact) mass is 434 g/mol. The molecule has 0 unspecified atom stereocenters. The highest BCUT2D eigenvalue weighted by atomic mass is 15.3. The molecule has 3 rings (SSSR count). The Bertz CT molecular complexity index is 882. The van der Waals surface area contributed by atoms with Gasteiger partial charge in [0.05, 0.1) is 11.6 Å². The van der Waals surface area contributed by atoms with Crippen LogP contribution >= 0.6 is 0 Å². The van der Waals surface area contributed by atoms with E-state index in [1.54, 1.807) is 6.07 Å². The quantitative estimate of drug-likeness (QED) is 0.474. The van der Waals surface area contributed by atoms with E-state index in [1.807, 2.05) is 18.2 Å². The Balaban J connectivity index is 1.77. The lowest BCUT2D eigenvalue weighted by Gasteiger charge is -2.29. The average Bonchev–Trinajstić information content (AvgIpc) is 3.30. The minimum atomic E-state index is 0.599. The number of anilines is 3. The Labute approximate surface area is 193 Å². The maximum absolute atomic E-state index is 9.19. The van der Waals surface area contributed by atoms with Gasteiger partial charge in [0.25, 0.3) is 0 Å². The topological polar surface area (TPSA) is 68.1 Å². The number of hydrogen-bond donors (Lipinski definition) is 1. The third-order valence-corrected chi connectivity index (χ3v) is 6.12. The summed E-state index contributed by atoms with van der Waals surface area (Å²) in [5.41, 5.74) is 2.53. The van der Waals surface area contributed by atoms with Gasteiger partial charge in [0, 0.05) is 36.6 Å². The number of hydrogen-bond acceptors (Lipinski definition) is 6. The lowest BCUT2D eigenvalue weighted by molar-refractivity contribution is 0.203. The number of nitrogens with zero attached hydrogens (tertiary/aromatic N) is 5. The Hall–Kier alpha value is -2.65. The predicted octanol–water partition coefficient (Wildman–Crippen LogP) is 5.53. The number of aromatic nitrogens is 2. The van der Waals surface area contributed by atoms with Crippen molar-refractivity contribution in [3.8, 4) is 6.07 Å². The zero-order valence-electron chi connectivity index (χ0n) is 20.0. The summed E-state index contributed by atoms with van der Waals surface area (Å²) in [7, 11) is 0. The van der Waals surface area contributed by atoms with Gasteiger partial charge in [-0.25, -0.2) is 4.98 Å². The highest BCUT2D eigenvalue weighted by Crippen LogP contribution is 2.25. The van der Waals surface area contributed by atoms with Crippen molar-refractivity contribution in [2.75, 3.05) is 36.4 Å². The molecule has 1 N–H and O–H groups in total. The van der Waals surface area contributed by atoms with Crippen LogP contribution in [0.2, 0.25) is 0 Å². The van der Waals surface area contributed by atoms with Gasteiger partial charge in [-0.1, -0.05) is 46.1 Å². The van der Waals surface area contributed by atoms with E-state index < -0.39 is 0 Å². The van der Waals surface area contributed by atoms with Crippen molar-refractivity contribution in [3.05, 3.63) is 41.6 Å². The molecule has 32 heavy (non-hydrogen) atoms. The molecule has 1 aliphatic rings. The number of nitrogens with one attached hydrogen (secondary N) is 1. The number of benzene rings is 1. The Morgan fingerprint density at radius 3 is 2.56 bits per heavy atom. The highest BCUT2D eigenvalue weighted by Gasteiger charge is 2.28. The zero-order chi connectivity index (χ0) is 22.8. The zero-order valence-corrected chi connectivity index (χ0v) is 20.0. The van der Waals surface area contributed by atoms with Crippen LogP contribution in [0, 0.1) is 11.3 Å². The lowest BCUT2D eigenvalue weighted by atomic mass is 10.1. The van der Waals surface area contributed by atoms with Gasteiger partial charge in [0.2, 0.25) is 5.95 Å². The minimum Gasteiger partial charge on any atom is -0.355 e. The molecule has 1 fully saturated rings. The van der Waals surface area contributed by atoms with Crippen LogP contribution in [0.1, 0.15) is 70.6 Å². The first-order valence-electron chi connectivity index (χ1n) is 12.3. The van der Waals surface area contributed by atoms with E-state index >= 15 is 0 Å². The van der Waals surface area contributed by atoms with Crippen molar-refractivity contribution in [2.45, 2.75) is 71.8 Å². The number of unbranched alkanes of at least 4 members (excludes halogenated alkanes) is 2. The molecule has 0 aliphatic carbocycles. The van der Waals surface area contributed by atoms with Crippen LogP contribution in [0.3, 0.4) is 0 Å². The van der Waals surface area contributed by atoms with Crippen molar-refractivity contribution in [1.82, 2.24) is 14.9 Å². The number of rotatable bonds is 12. The van der Waals surface area contributed by atoms with Gasteiger partial charge in [-0.3, -0.25) is 4.90 Å². The smallest absolute Gasteiger partial charge is 0.229 e. The molecular weight excluding hydrogens is 396 g/mol. The van der Waals surface area contributed by atoms with Crippen molar-refractivity contribution in [3.63, 3.8) is 0 Å². The first-order chi connectivity index (χ1) is 15.7. The summed E-state index contributed by atoms with van der Waals surface area (Å²) >= 11 is 0. The van der Waals surface area contributed by atoms with Crippen molar-refractivity contribution >= 4 is 17.5 Å². The molecule has 1 aliphatic heterocycles. The molecule has 6 nitrogen and oxygen atoms in total. The van der Waals surface area contributed by atoms with Crippen molar-refractivity contribution in [1.29, 1.82) is 5.26 Å². The van der Waals surface area contributed by atoms with Gasteiger partial charge >= 0.3 is 0 Å². The van der Waals surface area contributed by atoms with Gasteiger partial charge in [0.15, 0.2) is 0 Å². The molecule has 0 radical (unpaired) electrons. The summed E-state index contributed by atoms with van der Waals surface area (Å²) in [6.45, 7) is 11.2. The molecule has 1 saturated heterocycles. The summed E-state index contributed by atoms with van der Waals surface area (Å²) < 4.78 is 0. The summed E-state index contributed by atoms with van der Waals surface area (Å²) in [5.74, 6) is 1.62. The van der Waals surface area contributed by atoms with Crippen molar-refractivity contribution in [2.24, 2.45) is 0 Å². The molecule has 6 heteroatoms. The lowest BCUT2D eigenvalue weighted by Crippen LogP contribution is -2.39. The average molecular weight is 435 g/mol. The first-order valence-corrected chi connectivity index (χ1v) is 12.3. The van der Waals surface area contributed by atoms with E-state index in [1.165, 1.54) is 45.2 Å². The summed E-state index contributed by atoms with van der Waals surface area (Å²) in [6.07, 6.45) is 8.19. The predicted molar refractivity (Wildman–Crippen MR) is 132 cm³/mol. The molecule has 1 aromatic heterocycles. The first kappa shape index (κ1) is 24.0. The van der Waals surface area contributed by atoms with Crippen LogP contribution < -0.4 is 10.2 Å². The summed E-state index contributed by atoms with van der Waals surface area (Å²) in [6, 6.07) is 12.4. The molecular formula is C26H38N6. The van der Waals surface area contributed by atoms with Crippen LogP contribution in [0.25, 0.3) is 0 Å². The van der Waals surface area contributed by atoms with E-state index in [4.69, 9.17) is 9.97 Å². The van der Waals surface area contributed by atoms with Crippen molar-refractivity contribution < 1.29 is 0 Å². The standard InChI is InChI=1S/C26H38N6/c1-4-7-14-31(15-8-5-2)24-13-16-32(20-24)25-18-22(10-6-3)28-26(30-25)29-23-12-9-11-21(17-23)19-27/h9,11-12,17-18,24H,4-8,10,13-16,20H2,1-3H3,(H,28,29,30)/t24-/m0/s1.